The highest BCUT2D eigenvalue weighted by Crippen LogP contribution is 2.28. The summed E-state index contributed by atoms with van der Waals surface area (Å²) in [6.07, 6.45) is -4.76. The van der Waals surface area contributed by atoms with Crippen molar-refractivity contribution in [3.63, 3.8) is 0 Å². The Morgan fingerprint density at radius 1 is 1.07 bits per heavy atom. The molecule has 0 spiro atoms. The lowest BCUT2D eigenvalue weighted by Crippen LogP contribution is -2.52. The van der Waals surface area contributed by atoms with Crippen LogP contribution in [0.2, 0.25) is 5.02 Å². The number of rotatable bonds is 7. The highest BCUT2D eigenvalue weighted by Gasteiger charge is 2.43. The van der Waals surface area contributed by atoms with Crippen molar-refractivity contribution in [1.29, 1.82) is 0 Å². The second kappa shape index (κ2) is 8.93. The molecule has 0 amide bonds. The second-order valence-corrected chi connectivity index (χ2v) is 9.05. The molecule has 0 radical (unpaired) electrons. The Labute approximate surface area is 174 Å². The van der Waals surface area contributed by atoms with Crippen molar-refractivity contribution < 1.29 is 21.6 Å². The van der Waals surface area contributed by atoms with E-state index in [-0.39, 0.29) is 11.4 Å². The third-order valence-corrected chi connectivity index (χ3v) is 6.57. The molecule has 1 unspecified atom stereocenters. The number of nitrogens with one attached hydrogen (secondary N) is 1. The van der Waals surface area contributed by atoms with Crippen LogP contribution in [0.4, 0.5) is 18.9 Å². The third-order valence-electron chi connectivity index (χ3n) is 4.54. The SMILES string of the molecule is CCN(CC(NS(=O)(=O)c1c(C)cc(C)cc1C)C(F)(F)F)c1ccc(Cl)cc1. The van der Waals surface area contributed by atoms with Gasteiger partial charge < -0.3 is 4.90 Å². The van der Waals surface area contributed by atoms with Gasteiger partial charge in [-0.25, -0.2) is 8.42 Å². The van der Waals surface area contributed by atoms with E-state index in [4.69, 9.17) is 11.6 Å². The van der Waals surface area contributed by atoms with Gasteiger partial charge in [0, 0.05) is 23.8 Å². The van der Waals surface area contributed by atoms with Crippen LogP contribution in [-0.4, -0.2) is 33.7 Å². The van der Waals surface area contributed by atoms with Crippen LogP contribution in [0.25, 0.3) is 0 Å². The van der Waals surface area contributed by atoms with E-state index >= 15 is 0 Å². The van der Waals surface area contributed by atoms with Crippen LogP contribution in [0.15, 0.2) is 41.3 Å². The lowest BCUT2D eigenvalue weighted by atomic mass is 10.1. The van der Waals surface area contributed by atoms with E-state index in [2.05, 4.69) is 0 Å². The highest BCUT2D eigenvalue weighted by molar-refractivity contribution is 7.89. The van der Waals surface area contributed by atoms with Crippen molar-refractivity contribution in [3.05, 3.63) is 58.1 Å². The molecule has 0 aromatic heterocycles. The van der Waals surface area contributed by atoms with Crippen LogP contribution in [0.5, 0.6) is 0 Å². The number of hydrogen-bond donors (Lipinski definition) is 1. The molecular formula is C20H24ClF3N2O2S. The molecule has 29 heavy (non-hydrogen) atoms. The molecule has 0 saturated heterocycles. The molecular weight excluding hydrogens is 425 g/mol. The maximum Gasteiger partial charge on any atom is 0.406 e. The predicted octanol–water partition coefficient (Wildman–Crippen LogP) is 5.00. The summed E-state index contributed by atoms with van der Waals surface area (Å²) in [6.45, 7) is 6.34. The first kappa shape index (κ1) is 23.5. The normalized spacial score (nSPS) is 13.4. The van der Waals surface area contributed by atoms with Crippen molar-refractivity contribution in [2.75, 3.05) is 18.0 Å². The highest BCUT2D eigenvalue weighted by atomic mass is 35.5. The first-order valence-corrected chi connectivity index (χ1v) is 10.9. The summed E-state index contributed by atoms with van der Waals surface area (Å²) in [6, 6.07) is 7.34. The number of likely N-dealkylation sites (N-methyl/N-ethyl adjacent to an activating group) is 1. The van der Waals surface area contributed by atoms with Crippen molar-refractivity contribution in [3.8, 4) is 0 Å². The second-order valence-electron chi connectivity index (χ2n) is 6.96. The number of alkyl halides is 3. The Kier molecular flexibility index (Phi) is 7.24. The summed E-state index contributed by atoms with van der Waals surface area (Å²) >= 11 is 5.84. The first-order chi connectivity index (χ1) is 13.3. The summed E-state index contributed by atoms with van der Waals surface area (Å²) in [4.78, 5) is 1.33. The predicted molar refractivity (Wildman–Crippen MR) is 110 cm³/mol. The minimum atomic E-state index is -4.76. The van der Waals surface area contributed by atoms with E-state index in [0.29, 0.717) is 21.8 Å². The Morgan fingerprint density at radius 3 is 2.03 bits per heavy atom. The van der Waals surface area contributed by atoms with Gasteiger partial charge >= 0.3 is 6.18 Å². The van der Waals surface area contributed by atoms with Crippen molar-refractivity contribution in [2.24, 2.45) is 0 Å². The minimum absolute atomic E-state index is 0.119. The number of sulfonamides is 1. The topological polar surface area (TPSA) is 49.4 Å². The summed E-state index contributed by atoms with van der Waals surface area (Å²) in [5.41, 5.74) is 2.17. The molecule has 2 rings (SSSR count). The van der Waals surface area contributed by atoms with Gasteiger partial charge in [0.25, 0.3) is 0 Å². The molecule has 2 aromatic carbocycles. The smallest absolute Gasteiger partial charge is 0.370 e. The fraction of sp³-hybridized carbons (Fsp3) is 0.400. The molecule has 160 valence electrons. The molecule has 0 aliphatic carbocycles. The summed E-state index contributed by atoms with van der Waals surface area (Å²) in [7, 11) is -4.38. The average Bonchev–Trinajstić information content (AvgIpc) is 2.57. The number of benzene rings is 2. The Bertz CT molecular complexity index is 938. The van der Waals surface area contributed by atoms with Gasteiger partial charge in [-0.3, -0.25) is 0 Å². The fourth-order valence-corrected chi connectivity index (χ4v) is 5.13. The standard InChI is InChI=1S/C20H24ClF3N2O2S/c1-5-26(17-8-6-16(21)7-9-17)12-18(20(22,23)24)25-29(27,28)19-14(3)10-13(2)11-15(19)4/h6-11,18,25H,5,12H2,1-4H3. The monoisotopic (exact) mass is 448 g/mol. The zero-order valence-electron chi connectivity index (χ0n) is 16.6. The lowest BCUT2D eigenvalue weighted by Gasteiger charge is -2.30. The largest absolute Gasteiger partial charge is 0.406 e. The molecule has 9 heteroatoms. The van der Waals surface area contributed by atoms with E-state index in [9.17, 15) is 21.6 Å². The van der Waals surface area contributed by atoms with Gasteiger partial charge in [0.15, 0.2) is 0 Å². The molecule has 0 heterocycles. The molecule has 1 atom stereocenters. The van der Waals surface area contributed by atoms with Gasteiger partial charge in [-0.15, -0.1) is 0 Å². The number of aryl methyl sites for hydroxylation is 3. The summed E-state index contributed by atoms with van der Waals surface area (Å²) < 4.78 is 68.8. The quantitative estimate of drug-likeness (QED) is 0.648. The molecule has 0 aliphatic heterocycles. The number of hydrogen-bond acceptors (Lipinski definition) is 3. The van der Waals surface area contributed by atoms with E-state index < -0.39 is 28.8 Å². The van der Waals surface area contributed by atoms with E-state index in [0.717, 1.165) is 5.56 Å². The Morgan fingerprint density at radius 2 is 1.59 bits per heavy atom. The van der Waals surface area contributed by atoms with Crippen LogP contribution < -0.4 is 9.62 Å². The molecule has 0 bridgehead atoms. The maximum atomic E-state index is 13.7. The van der Waals surface area contributed by atoms with Crippen LogP contribution in [0.1, 0.15) is 23.6 Å². The van der Waals surface area contributed by atoms with Crippen LogP contribution in [0, 0.1) is 20.8 Å². The average molecular weight is 449 g/mol. The maximum absolute atomic E-state index is 13.7. The number of nitrogens with zero attached hydrogens (tertiary/aromatic N) is 1. The fourth-order valence-electron chi connectivity index (χ4n) is 3.33. The van der Waals surface area contributed by atoms with E-state index in [1.807, 2.05) is 4.72 Å². The van der Waals surface area contributed by atoms with Crippen molar-refractivity contribution in [1.82, 2.24) is 4.72 Å². The minimum Gasteiger partial charge on any atom is -0.370 e. The van der Waals surface area contributed by atoms with Gasteiger partial charge in [-0.1, -0.05) is 29.3 Å². The molecule has 0 fully saturated rings. The van der Waals surface area contributed by atoms with Crippen molar-refractivity contribution >= 4 is 27.3 Å². The van der Waals surface area contributed by atoms with E-state index in [1.165, 1.54) is 4.90 Å². The van der Waals surface area contributed by atoms with E-state index in [1.54, 1.807) is 64.1 Å². The lowest BCUT2D eigenvalue weighted by molar-refractivity contribution is -0.149. The third kappa shape index (κ3) is 5.87. The Hall–Kier alpha value is -1.77. The van der Waals surface area contributed by atoms with Crippen LogP contribution >= 0.6 is 11.6 Å². The molecule has 4 nitrogen and oxygen atoms in total. The van der Waals surface area contributed by atoms with Gasteiger partial charge in [0.2, 0.25) is 10.0 Å². The van der Waals surface area contributed by atoms with Gasteiger partial charge in [-0.05, 0) is 63.1 Å². The zero-order valence-corrected chi connectivity index (χ0v) is 18.2. The van der Waals surface area contributed by atoms with Crippen LogP contribution in [0.3, 0.4) is 0 Å². The van der Waals surface area contributed by atoms with Gasteiger partial charge in [0.1, 0.15) is 6.04 Å². The molecule has 0 aliphatic rings. The number of halogens is 4. The molecule has 0 saturated carbocycles. The molecule has 2 aromatic rings. The summed E-state index contributed by atoms with van der Waals surface area (Å²) in [5.74, 6) is 0. The number of anilines is 1. The Balaban J connectivity index is 2.37. The molecule has 1 N–H and O–H groups in total. The van der Waals surface area contributed by atoms with Gasteiger partial charge in [0.05, 0.1) is 4.90 Å². The van der Waals surface area contributed by atoms with Crippen molar-refractivity contribution in [2.45, 2.75) is 44.8 Å². The van der Waals surface area contributed by atoms with Crippen LogP contribution in [-0.2, 0) is 10.0 Å². The zero-order chi connectivity index (χ0) is 22.0. The first-order valence-electron chi connectivity index (χ1n) is 9.02. The van der Waals surface area contributed by atoms with Gasteiger partial charge in [-0.2, -0.15) is 17.9 Å². The summed E-state index contributed by atoms with van der Waals surface area (Å²) in [5, 5.41) is 0.461.